The summed E-state index contributed by atoms with van der Waals surface area (Å²) in [6.07, 6.45) is 0. The Morgan fingerprint density at radius 1 is 1.24 bits per heavy atom. The second kappa shape index (κ2) is 5.01. The van der Waals surface area contributed by atoms with Crippen molar-refractivity contribution in [2.75, 3.05) is 7.11 Å². The third-order valence-corrected chi connectivity index (χ3v) is 3.39. The maximum absolute atomic E-state index is 14.0. The van der Waals surface area contributed by atoms with Gasteiger partial charge in [0, 0.05) is 18.5 Å². The van der Waals surface area contributed by atoms with Crippen LogP contribution < -0.4 is 4.74 Å². The maximum atomic E-state index is 14.0. The summed E-state index contributed by atoms with van der Waals surface area (Å²) < 4.78 is 20.6. The molecule has 106 valence electrons. The Kier molecular flexibility index (Phi) is 3.17. The third kappa shape index (κ3) is 2.16. The predicted molar refractivity (Wildman–Crippen MR) is 77.1 cm³/mol. The summed E-state index contributed by atoms with van der Waals surface area (Å²) in [7, 11) is 3.20. The normalized spacial score (nSPS) is 10.8. The molecule has 21 heavy (non-hydrogen) atoms. The summed E-state index contributed by atoms with van der Waals surface area (Å²) in [4.78, 5) is 12.5. The lowest BCUT2D eigenvalue weighted by molar-refractivity contribution is 0.103. The molecule has 0 radical (unpaired) electrons. The lowest BCUT2D eigenvalue weighted by Crippen LogP contribution is -2.06. The van der Waals surface area contributed by atoms with Gasteiger partial charge in [0.15, 0.2) is 0 Å². The molecule has 4 nitrogen and oxygen atoms in total. The average Bonchev–Trinajstić information content (AvgIpc) is 2.84. The van der Waals surface area contributed by atoms with Crippen molar-refractivity contribution < 1.29 is 13.9 Å². The largest absolute Gasteiger partial charge is 0.497 e. The number of hydrogen-bond donors (Lipinski definition) is 0. The molecule has 0 aliphatic carbocycles. The van der Waals surface area contributed by atoms with Gasteiger partial charge in [-0.2, -0.15) is 5.10 Å². The number of aromatic nitrogens is 2. The molecule has 2 aromatic carbocycles. The minimum absolute atomic E-state index is 0.0142. The van der Waals surface area contributed by atoms with Gasteiger partial charge in [0.25, 0.3) is 0 Å². The molecule has 1 heterocycles. The zero-order valence-electron chi connectivity index (χ0n) is 11.6. The summed E-state index contributed by atoms with van der Waals surface area (Å²) >= 11 is 0. The van der Waals surface area contributed by atoms with Gasteiger partial charge in [0.2, 0.25) is 5.78 Å². The molecule has 3 aromatic rings. The third-order valence-electron chi connectivity index (χ3n) is 3.39. The number of carbonyl (C=O) groups excluding carboxylic acids is 1. The van der Waals surface area contributed by atoms with Gasteiger partial charge in [-0.3, -0.25) is 9.48 Å². The Morgan fingerprint density at radius 2 is 2.00 bits per heavy atom. The van der Waals surface area contributed by atoms with E-state index in [1.165, 1.54) is 19.2 Å². The monoisotopic (exact) mass is 284 g/mol. The second-order valence-electron chi connectivity index (χ2n) is 4.66. The highest BCUT2D eigenvalue weighted by Crippen LogP contribution is 2.23. The number of ether oxygens (including phenoxy) is 1. The van der Waals surface area contributed by atoms with Gasteiger partial charge in [-0.25, -0.2) is 4.39 Å². The van der Waals surface area contributed by atoms with Gasteiger partial charge in [-0.15, -0.1) is 0 Å². The van der Waals surface area contributed by atoms with E-state index in [1.807, 2.05) is 18.2 Å². The number of rotatable bonds is 3. The lowest BCUT2D eigenvalue weighted by atomic mass is 10.0. The zero-order chi connectivity index (χ0) is 15.0. The summed E-state index contributed by atoms with van der Waals surface area (Å²) in [6.45, 7) is 0. The van der Waals surface area contributed by atoms with Crippen LogP contribution in [0.4, 0.5) is 4.39 Å². The second-order valence-corrected chi connectivity index (χ2v) is 4.66. The first-order chi connectivity index (χ1) is 10.1. The van der Waals surface area contributed by atoms with Crippen LogP contribution in [-0.4, -0.2) is 22.7 Å². The van der Waals surface area contributed by atoms with Crippen LogP contribution in [0.1, 0.15) is 16.1 Å². The van der Waals surface area contributed by atoms with Crippen molar-refractivity contribution in [1.29, 1.82) is 0 Å². The first-order valence-electron chi connectivity index (χ1n) is 6.42. The lowest BCUT2D eigenvalue weighted by Gasteiger charge is -2.03. The number of benzene rings is 2. The molecule has 0 fully saturated rings. The van der Waals surface area contributed by atoms with E-state index < -0.39 is 11.6 Å². The SMILES string of the molecule is COc1ccc(C(=O)c2nn(C)c3ccccc23)c(F)c1. The number of aryl methyl sites for hydroxylation is 1. The smallest absolute Gasteiger partial charge is 0.216 e. The van der Waals surface area contributed by atoms with Crippen molar-refractivity contribution in [3.63, 3.8) is 0 Å². The summed E-state index contributed by atoms with van der Waals surface area (Å²) in [5.74, 6) is -0.684. The summed E-state index contributed by atoms with van der Waals surface area (Å²) in [5, 5.41) is 4.93. The van der Waals surface area contributed by atoms with Crippen LogP contribution in [0.3, 0.4) is 0 Å². The molecule has 0 N–H and O–H groups in total. The van der Waals surface area contributed by atoms with Crippen molar-refractivity contribution in [3.05, 3.63) is 59.5 Å². The predicted octanol–water partition coefficient (Wildman–Crippen LogP) is 2.95. The van der Waals surface area contributed by atoms with Crippen LogP contribution in [0.15, 0.2) is 42.5 Å². The van der Waals surface area contributed by atoms with E-state index in [4.69, 9.17) is 4.74 Å². The molecule has 0 aliphatic heterocycles. The van der Waals surface area contributed by atoms with Crippen LogP contribution in [0, 0.1) is 5.82 Å². The number of methoxy groups -OCH3 is 1. The molecule has 0 spiro atoms. The molecule has 0 amide bonds. The molecule has 0 bridgehead atoms. The molecular formula is C16H13FN2O2. The number of ketones is 1. The van der Waals surface area contributed by atoms with Gasteiger partial charge >= 0.3 is 0 Å². The first kappa shape index (κ1) is 13.3. The van der Waals surface area contributed by atoms with Crippen molar-refractivity contribution in [2.45, 2.75) is 0 Å². The maximum Gasteiger partial charge on any atom is 0.216 e. The topological polar surface area (TPSA) is 44.1 Å². The molecule has 1 aromatic heterocycles. The number of halogens is 1. The fourth-order valence-electron chi connectivity index (χ4n) is 2.32. The Hall–Kier alpha value is -2.69. The summed E-state index contributed by atoms with van der Waals surface area (Å²) in [5.41, 5.74) is 1.06. The number of carbonyl (C=O) groups is 1. The van der Waals surface area contributed by atoms with Crippen LogP contribution >= 0.6 is 0 Å². The van der Waals surface area contributed by atoms with E-state index in [1.54, 1.807) is 23.9 Å². The molecule has 0 saturated heterocycles. The van der Waals surface area contributed by atoms with Crippen LogP contribution in [0.25, 0.3) is 10.9 Å². The van der Waals surface area contributed by atoms with Crippen molar-refractivity contribution >= 4 is 16.7 Å². The highest BCUT2D eigenvalue weighted by Gasteiger charge is 2.20. The molecule has 0 unspecified atom stereocenters. The van der Waals surface area contributed by atoms with E-state index in [0.717, 1.165) is 5.52 Å². The first-order valence-corrected chi connectivity index (χ1v) is 6.42. The number of para-hydroxylation sites is 1. The van der Waals surface area contributed by atoms with Crippen molar-refractivity contribution in [1.82, 2.24) is 9.78 Å². The van der Waals surface area contributed by atoms with E-state index in [-0.39, 0.29) is 11.3 Å². The van der Waals surface area contributed by atoms with E-state index in [2.05, 4.69) is 5.10 Å². The van der Waals surface area contributed by atoms with Crippen molar-refractivity contribution in [2.24, 2.45) is 7.05 Å². The zero-order valence-corrected chi connectivity index (χ0v) is 11.6. The highest BCUT2D eigenvalue weighted by molar-refractivity contribution is 6.15. The minimum atomic E-state index is -0.617. The summed E-state index contributed by atoms with van der Waals surface area (Å²) in [6, 6.07) is 11.5. The fraction of sp³-hybridized carbons (Fsp3) is 0.125. The Labute approximate surface area is 120 Å². The number of nitrogens with zero attached hydrogens (tertiary/aromatic N) is 2. The standard InChI is InChI=1S/C16H13FN2O2/c1-19-14-6-4-3-5-12(14)15(18-19)16(20)11-8-7-10(21-2)9-13(11)17/h3-9H,1-2H3. The Bertz CT molecular complexity index is 839. The van der Waals surface area contributed by atoms with Gasteiger partial charge in [-0.05, 0) is 18.2 Å². The quantitative estimate of drug-likeness (QED) is 0.695. The average molecular weight is 284 g/mol. The fourth-order valence-corrected chi connectivity index (χ4v) is 2.32. The molecule has 3 rings (SSSR count). The number of hydrogen-bond acceptors (Lipinski definition) is 3. The molecule has 0 aliphatic rings. The van der Waals surface area contributed by atoms with E-state index in [0.29, 0.717) is 11.1 Å². The number of fused-ring (bicyclic) bond motifs is 1. The Morgan fingerprint density at radius 3 is 2.71 bits per heavy atom. The molecular weight excluding hydrogens is 271 g/mol. The van der Waals surface area contributed by atoms with Crippen LogP contribution in [-0.2, 0) is 7.05 Å². The van der Waals surface area contributed by atoms with Crippen LogP contribution in [0.5, 0.6) is 5.75 Å². The van der Waals surface area contributed by atoms with Gasteiger partial charge in [0.05, 0.1) is 18.2 Å². The van der Waals surface area contributed by atoms with Crippen LogP contribution in [0.2, 0.25) is 0 Å². The molecule has 5 heteroatoms. The van der Waals surface area contributed by atoms with Crippen molar-refractivity contribution in [3.8, 4) is 5.75 Å². The van der Waals surface area contributed by atoms with Gasteiger partial charge in [-0.1, -0.05) is 18.2 Å². The van der Waals surface area contributed by atoms with E-state index in [9.17, 15) is 9.18 Å². The van der Waals surface area contributed by atoms with Gasteiger partial charge in [0.1, 0.15) is 17.3 Å². The Balaban J connectivity index is 2.13. The van der Waals surface area contributed by atoms with Gasteiger partial charge < -0.3 is 4.74 Å². The minimum Gasteiger partial charge on any atom is -0.497 e. The highest BCUT2D eigenvalue weighted by atomic mass is 19.1. The van der Waals surface area contributed by atoms with E-state index >= 15 is 0 Å². The molecule has 0 saturated carbocycles. The molecule has 0 atom stereocenters.